The first kappa shape index (κ1) is 18.4. The number of rotatable bonds is 14. The molecule has 0 aliphatic carbocycles. The van der Waals surface area contributed by atoms with Gasteiger partial charge in [-0.15, -0.1) is 0 Å². The van der Waals surface area contributed by atoms with Crippen molar-refractivity contribution in [3.63, 3.8) is 0 Å². The summed E-state index contributed by atoms with van der Waals surface area (Å²) in [5.41, 5.74) is 0. The van der Waals surface area contributed by atoms with E-state index in [-0.39, 0.29) is 13.2 Å². The molecular weight excluding hydrogens is 295 g/mol. The minimum Gasteiger partial charge on any atom is -0.394 e. The number of aliphatic hydroxyl groups is 2. The molecule has 1 unspecified atom stereocenters. The molecule has 18 heavy (non-hydrogen) atoms. The molecule has 0 aromatic rings. The van der Waals surface area contributed by atoms with E-state index in [1.54, 1.807) is 0 Å². The second kappa shape index (κ2) is 15.5. The van der Waals surface area contributed by atoms with Gasteiger partial charge in [0.1, 0.15) is 6.10 Å². The third kappa shape index (κ3) is 14.5. The van der Waals surface area contributed by atoms with Crippen LogP contribution in [-0.4, -0.2) is 51.1 Å². The van der Waals surface area contributed by atoms with Gasteiger partial charge in [-0.2, -0.15) is 0 Å². The molecule has 1 atom stereocenters. The molecule has 110 valence electrons. The standard InChI is InChI=1S/C14H30O3Se/c1-18-11-9-7-5-3-2-4-6-8-10-17-13-14(16)12-15/h14-16H,2-13H2,1H3. The summed E-state index contributed by atoms with van der Waals surface area (Å²) in [6.45, 7) is 0.754. The first-order valence-corrected chi connectivity index (χ1v) is 10.1. The zero-order chi connectivity index (χ0) is 13.5. The predicted molar refractivity (Wildman–Crippen MR) is 77.3 cm³/mol. The van der Waals surface area contributed by atoms with E-state index in [4.69, 9.17) is 14.9 Å². The normalized spacial score (nSPS) is 12.8. The van der Waals surface area contributed by atoms with Crippen LogP contribution in [0.4, 0.5) is 0 Å². The van der Waals surface area contributed by atoms with Crippen LogP contribution in [0.5, 0.6) is 0 Å². The average Bonchev–Trinajstić information content (AvgIpc) is 2.39. The maximum absolute atomic E-state index is 9.05. The van der Waals surface area contributed by atoms with Crippen molar-refractivity contribution in [3.05, 3.63) is 0 Å². The van der Waals surface area contributed by atoms with E-state index < -0.39 is 6.10 Å². The molecule has 0 bridgehead atoms. The molecule has 0 spiro atoms. The second-order valence-corrected chi connectivity index (χ2v) is 6.80. The molecule has 2 N–H and O–H groups in total. The Balaban J connectivity index is 2.94. The Morgan fingerprint density at radius 3 is 2.06 bits per heavy atom. The molecule has 4 heteroatoms. The van der Waals surface area contributed by atoms with Crippen LogP contribution in [0.1, 0.15) is 51.4 Å². The first-order valence-electron chi connectivity index (χ1n) is 7.17. The number of hydrogen-bond acceptors (Lipinski definition) is 3. The Bertz CT molecular complexity index is 156. The minimum atomic E-state index is -0.713. The van der Waals surface area contributed by atoms with Crippen molar-refractivity contribution in [3.8, 4) is 0 Å². The van der Waals surface area contributed by atoms with Crippen molar-refractivity contribution < 1.29 is 14.9 Å². The van der Waals surface area contributed by atoms with Crippen LogP contribution in [-0.2, 0) is 4.74 Å². The number of hydrogen-bond donors (Lipinski definition) is 2. The Morgan fingerprint density at radius 1 is 0.944 bits per heavy atom. The average molecular weight is 325 g/mol. The Morgan fingerprint density at radius 2 is 1.50 bits per heavy atom. The topological polar surface area (TPSA) is 49.7 Å². The molecular formula is C14H30O3Se. The van der Waals surface area contributed by atoms with Crippen molar-refractivity contribution in [2.24, 2.45) is 0 Å². The summed E-state index contributed by atoms with van der Waals surface area (Å²) in [6.07, 6.45) is 9.82. The summed E-state index contributed by atoms with van der Waals surface area (Å²) in [7, 11) is 0. The summed E-state index contributed by atoms with van der Waals surface area (Å²) in [4.78, 5) is 0. The molecule has 0 saturated heterocycles. The van der Waals surface area contributed by atoms with Crippen LogP contribution >= 0.6 is 0 Å². The monoisotopic (exact) mass is 326 g/mol. The molecule has 0 radical (unpaired) electrons. The smallest absolute Gasteiger partial charge is 0.394 e. The fourth-order valence-corrected chi connectivity index (χ4v) is 2.82. The molecule has 0 aromatic carbocycles. The van der Waals surface area contributed by atoms with Gasteiger partial charge in [0.05, 0.1) is 6.61 Å². The molecule has 0 amide bonds. The molecule has 3 nitrogen and oxygen atoms in total. The van der Waals surface area contributed by atoms with Crippen molar-refractivity contribution in [2.45, 2.75) is 68.6 Å². The van der Waals surface area contributed by atoms with Crippen LogP contribution in [0.25, 0.3) is 0 Å². The molecule has 0 aromatic heterocycles. The van der Waals surface area contributed by atoms with Gasteiger partial charge in [-0.05, 0) is 0 Å². The zero-order valence-corrected chi connectivity index (χ0v) is 13.5. The van der Waals surface area contributed by atoms with Gasteiger partial charge in [-0.25, -0.2) is 0 Å². The van der Waals surface area contributed by atoms with Crippen molar-refractivity contribution in [2.75, 3.05) is 19.8 Å². The van der Waals surface area contributed by atoms with E-state index >= 15 is 0 Å². The van der Waals surface area contributed by atoms with Gasteiger partial charge in [-0.1, -0.05) is 0 Å². The Kier molecular flexibility index (Phi) is 15.8. The van der Waals surface area contributed by atoms with Crippen LogP contribution in [0.3, 0.4) is 0 Å². The summed E-state index contributed by atoms with van der Waals surface area (Å²) in [6, 6.07) is 0. The molecule has 0 aliphatic heterocycles. The van der Waals surface area contributed by atoms with E-state index in [1.165, 1.54) is 50.3 Å². The fraction of sp³-hybridized carbons (Fsp3) is 1.00. The van der Waals surface area contributed by atoms with Gasteiger partial charge in [-0.3, -0.25) is 0 Å². The zero-order valence-electron chi connectivity index (χ0n) is 11.8. The summed E-state index contributed by atoms with van der Waals surface area (Å²) in [5.74, 6) is 2.31. The minimum absolute atomic E-state index is 0.209. The number of ether oxygens (including phenoxy) is 1. The van der Waals surface area contributed by atoms with Crippen LogP contribution in [0.15, 0.2) is 0 Å². The van der Waals surface area contributed by atoms with Gasteiger partial charge < -0.3 is 10.2 Å². The summed E-state index contributed by atoms with van der Waals surface area (Å²) >= 11 is 0.865. The summed E-state index contributed by atoms with van der Waals surface area (Å²) < 4.78 is 5.25. The van der Waals surface area contributed by atoms with Gasteiger partial charge in [0.25, 0.3) is 0 Å². The molecule has 0 fully saturated rings. The van der Waals surface area contributed by atoms with Crippen molar-refractivity contribution >= 4 is 15.0 Å². The van der Waals surface area contributed by atoms with Crippen molar-refractivity contribution in [1.82, 2.24) is 0 Å². The number of unbranched alkanes of at least 4 members (excludes halogenated alkanes) is 7. The van der Waals surface area contributed by atoms with Gasteiger partial charge >= 0.3 is 95.4 Å². The molecule has 0 saturated carbocycles. The quantitative estimate of drug-likeness (QED) is 0.381. The van der Waals surface area contributed by atoms with E-state index in [0.29, 0.717) is 6.61 Å². The Hall–Kier alpha value is 0.399. The van der Waals surface area contributed by atoms with Crippen LogP contribution < -0.4 is 0 Å². The fourth-order valence-electron chi connectivity index (χ4n) is 1.78. The van der Waals surface area contributed by atoms with Gasteiger partial charge in [0.2, 0.25) is 0 Å². The Labute approximate surface area is 118 Å². The second-order valence-electron chi connectivity index (χ2n) is 4.73. The van der Waals surface area contributed by atoms with Gasteiger partial charge in [0, 0.05) is 0 Å². The number of aliphatic hydroxyl groups excluding tert-OH is 2. The van der Waals surface area contributed by atoms with E-state index in [9.17, 15) is 0 Å². The molecule has 0 rings (SSSR count). The maximum atomic E-state index is 9.05. The van der Waals surface area contributed by atoms with E-state index in [0.717, 1.165) is 21.4 Å². The molecule has 0 heterocycles. The SMILES string of the molecule is C[Se]CCCCCCCCCCOCC(O)CO. The van der Waals surface area contributed by atoms with Crippen LogP contribution in [0.2, 0.25) is 11.1 Å². The van der Waals surface area contributed by atoms with Crippen LogP contribution in [0, 0.1) is 0 Å². The third-order valence-electron chi connectivity index (χ3n) is 2.91. The van der Waals surface area contributed by atoms with Gasteiger partial charge in [0.15, 0.2) is 0 Å². The molecule has 0 aliphatic rings. The van der Waals surface area contributed by atoms with E-state index in [1.807, 2.05) is 0 Å². The predicted octanol–water partition coefficient (Wildman–Crippen LogP) is 2.65. The third-order valence-corrected chi connectivity index (χ3v) is 4.37. The van der Waals surface area contributed by atoms with Crippen molar-refractivity contribution in [1.29, 1.82) is 0 Å². The summed E-state index contributed by atoms with van der Waals surface area (Å²) in [5, 5.41) is 19.1. The van der Waals surface area contributed by atoms with E-state index in [2.05, 4.69) is 5.82 Å². The first-order chi connectivity index (χ1) is 8.81.